The van der Waals surface area contributed by atoms with Crippen LogP contribution in [0.15, 0.2) is 18.2 Å². The Bertz CT molecular complexity index is 366. The second kappa shape index (κ2) is 5.12. The summed E-state index contributed by atoms with van der Waals surface area (Å²) in [5.74, 6) is -0.566. The van der Waals surface area contributed by atoms with E-state index in [0.29, 0.717) is 12.5 Å². The van der Waals surface area contributed by atoms with E-state index in [1.165, 1.54) is 18.2 Å². The van der Waals surface area contributed by atoms with Crippen molar-refractivity contribution in [3.8, 4) is 0 Å². The first-order valence-electron chi connectivity index (χ1n) is 4.74. The smallest absolute Gasteiger partial charge is 0.252 e. The Kier molecular flexibility index (Phi) is 4.09. The first-order chi connectivity index (χ1) is 7.02. The largest absolute Gasteiger partial charge is 0.352 e. The maximum atomic E-state index is 13.0. The quantitative estimate of drug-likeness (QED) is 0.849. The lowest BCUT2D eigenvalue weighted by molar-refractivity contribution is 0.0948. The van der Waals surface area contributed by atoms with Gasteiger partial charge in [0.25, 0.3) is 5.91 Å². The molecule has 0 saturated carbocycles. The normalized spacial score (nSPS) is 10.5. The number of amides is 1. The molecule has 0 atom stereocenters. The number of rotatable bonds is 3. The van der Waals surface area contributed by atoms with Gasteiger partial charge in [-0.1, -0.05) is 31.5 Å². The molecule has 2 nitrogen and oxygen atoms in total. The Labute approximate surface area is 93.4 Å². The number of benzene rings is 1. The monoisotopic (exact) mass is 229 g/mol. The molecular weight excluding hydrogens is 217 g/mol. The fourth-order valence-electron chi connectivity index (χ4n) is 1.07. The Hall–Kier alpha value is -1.09. The topological polar surface area (TPSA) is 29.1 Å². The van der Waals surface area contributed by atoms with E-state index in [1.54, 1.807) is 0 Å². The molecule has 1 rings (SSSR count). The number of carbonyl (C=O) groups is 1. The van der Waals surface area contributed by atoms with Crippen molar-refractivity contribution in [1.82, 2.24) is 5.32 Å². The minimum Gasteiger partial charge on any atom is -0.352 e. The molecule has 15 heavy (non-hydrogen) atoms. The highest BCUT2D eigenvalue weighted by atomic mass is 35.5. The summed E-state index contributed by atoms with van der Waals surface area (Å²) >= 11 is 5.67. The van der Waals surface area contributed by atoms with Crippen molar-refractivity contribution < 1.29 is 9.18 Å². The number of hydrogen-bond donors (Lipinski definition) is 1. The van der Waals surface area contributed by atoms with Crippen LogP contribution < -0.4 is 5.32 Å². The average Bonchev–Trinajstić information content (AvgIpc) is 2.18. The summed E-state index contributed by atoms with van der Waals surface area (Å²) in [6.07, 6.45) is 0. The molecule has 1 aromatic carbocycles. The highest BCUT2D eigenvalue weighted by Gasteiger charge is 2.12. The molecule has 4 heteroatoms. The molecule has 0 bridgehead atoms. The lowest BCUT2D eigenvalue weighted by Crippen LogP contribution is -2.27. The van der Waals surface area contributed by atoms with Crippen LogP contribution in [-0.2, 0) is 0 Å². The van der Waals surface area contributed by atoms with Crippen molar-refractivity contribution in [2.45, 2.75) is 13.8 Å². The lowest BCUT2D eigenvalue weighted by atomic mass is 10.2. The molecule has 0 fully saturated rings. The number of nitrogens with one attached hydrogen (secondary N) is 1. The summed E-state index contributed by atoms with van der Waals surface area (Å²) in [4.78, 5) is 11.6. The lowest BCUT2D eigenvalue weighted by Gasteiger charge is -2.08. The SMILES string of the molecule is CC(C)CNC(=O)c1cccc(F)c1Cl. The molecule has 0 unspecified atom stereocenters. The van der Waals surface area contributed by atoms with Crippen LogP contribution >= 0.6 is 11.6 Å². The number of halogens is 2. The van der Waals surface area contributed by atoms with Gasteiger partial charge in [-0.25, -0.2) is 4.39 Å². The van der Waals surface area contributed by atoms with Crippen LogP contribution in [-0.4, -0.2) is 12.5 Å². The van der Waals surface area contributed by atoms with Gasteiger partial charge >= 0.3 is 0 Å². The molecule has 0 saturated heterocycles. The van der Waals surface area contributed by atoms with Crippen LogP contribution in [0.1, 0.15) is 24.2 Å². The minimum atomic E-state index is -0.575. The molecule has 0 aliphatic rings. The molecule has 0 heterocycles. The third-order valence-electron chi connectivity index (χ3n) is 1.87. The summed E-state index contributed by atoms with van der Waals surface area (Å²) in [5, 5.41) is 2.55. The molecule has 82 valence electrons. The van der Waals surface area contributed by atoms with E-state index in [0.717, 1.165) is 0 Å². The van der Waals surface area contributed by atoms with Gasteiger partial charge in [-0.2, -0.15) is 0 Å². The number of hydrogen-bond acceptors (Lipinski definition) is 1. The Balaban J connectivity index is 2.78. The van der Waals surface area contributed by atoms with E-state index in [1.807, 2.05) is 13.8 Å². The van der Waals surface area contributed by atoms with Crippen molar-refractivity contribution in [2.24, 2.45) is 5.92 Å². The van der Waals surface area contributed by atoms with E-state index in [4.69, 9.17) is 11.6 Å². The molecular formula is C11H13ClFNO. The first-order valence-corrected chi connectivity index (χ1v) is 5.12. The van der Waals surface area contributed by atoms with Gasteiger partial charge in [0, 0.05) is 6.54 Å². The highest BCUT2D eigenvalue weighted by Crippen LogP contribution is 2.19. The van der Waals surface area contributed by atoms with Crippen molar-refractivity contribution in [3.05, 3.63) is 34.6 Å². The molecule has 0 aliphatic heterocycles. The summed E-state index contributed by atoms with van der Waals surface area (Å²) in [5.41, 5.74) is 0.178. The van der Waals surface area contributed by atoms with Gasteiger partial charge in [-0.05, 0) is 18.1 Å². The van der Waals surface area contributed by atoms with Crippen molar-refractivity contribution >= 4 is 17.5 Å². The Morgan fingerprint density at radius 2 is 2.20 bits per heavy atom. The second-order valence-corrected chi connectivity index (χ2v) is 4.08. The molecule has 0 radical (unpaired) electrons. The predicted octanol–water partition coefficient (Wildman–Crippen LogP) is 2.86. The zero-order chi connectivity index (χ0) is 11.4. The van der Waals surface area contributed by atoms with Gasteiger partial charge in [0.05, 0.1) is 10.6 Å². The van der Waals surface area contributed by atoms with E-state index >= 15 is 0 Å². The molecule has 1 aromatic rings. The third kappa shape index (κ3) is 3.20. The van der Waals surface area contributed by atoms with Gasteiger partial charge in [0.1, 0.15) is 5.82 Å². The van der Waals surface area contributed by atoms with Gasteiger partial charge in [0.2, 0.25) is 0 Å². The van der Waals surface area contributed by atoms with Crippen LogP contribution in [0.2, 0.25) is 5.02 Å². The summed E-state index contributed by atoms with van der Waals surface area (Å²) in [6.45, 7) is 4.51. The highest BCUT2D eigenvalue weighted by molar-refractivity contribution is 6.34. The van der Waals surface area contributed by atoms with Gasteiger partial charge < -0.3 is 5.32 Å². The maximum absolute atomic E-state index is 13.0. The molecule has 1 amide bonds. The van der Waals surface area contributed by atoms with Gasteiger partial charge in [0.15, 0.2) is 0 Å². The summed E-state index contributed by atoms with van der Waals surface area (Å²) < 4.78 is 13.0. The van der Waals surface area contributed by atoms with Crippen LogP contribution in [0.4, 0.5) is 4.39 Å². The van der Waals surface area contributed by atoms with Gasteiger partial charge in [-0.15, -0.1) is 0 Å². The van der Waals surface area contributed by atoms with Crippen molar-refractivity contribution in [1.29, 1.82) is 0 Å². The average molecular weight is 230 g/mol. The summed E-state index contributed by atoms with van der Waals surface area (Å²) in [7, 11) is 0. The molecule has 0 spiro atoms. The number of carbonyl (C=O) groups excluding carboxylic acids is 1. The third-order valence-corrected chi connectivity index (χ3v) is 2.25. The molecule has 0 aromatic heterocycles. The van der Waals surface area contributed by atoms with Crippen LogP contribution in [0, 0.1) is 11.7 Å². The standard InChI is InChI=1S/C11H13ClFNO/c1-7(2)6-14-11(15)8-4-3-5-9(13)10(8)12/h3-5,7H,6H2,1-2H3,(H,14,15). The van der Waals surface area contributed by atoms with Crippen molar-refractivity contribution in [2.75, 3.05) is 6.54 Å². The Morgan fingerprint density at radius 3 is 2.80 bits per heavy atom. The molecule has 1 N–H and O–H groups in total. The van der Waals surface area contributed by atoms with E-state index in [-0.39, 0.29) is 16.5 Å². The van der Waals surface area contributed by atoms with Crippen LogP contribution in [0.25, 0.3) is 0 Å². The fourth-order valence-corrected chi connectivity index (χ4v) is 1.28. The van der Waals surface area contributed by atoms with Crippen LogP contribution in [0.5, 0.6) is 0 Å². The fraction of sp³-hybridized carbons (Fsp3) is 0.364. The van der Waals surface area contributed by atoms with E-state index in [2.05, 4.69) is 5.32 Å². The summed E-state index contributed by atoms with van der Waals surface area (Å²) in [6, 6.07) is 4.19. The predicted molar refractivity (Wildman–Crippen MR) is 58.6 cm³/mol. The van der Waals surface area contributed by atoms with Gasteiger partial charge in [-0.3, -0.25) is 4.79 Å². The zero-order valence-electron chi connectivity index (χ0n) is 8.68. The Morgan fingerprint density at radius 1 is 1.53 bits per heavy atom. The minimum absolute atomic E-state index is 0.126. The second-order valence-electron chi connectivity index (χ2n) is 3.71. The zero-order valence-corrected chi connectivity index (χ0v) is 9.44. The van der Waals surface area contributed by atoms with Crippen LogP contribution in [0.3, 0.4) is 0 Å². The van der Waals surface area contributed by atoms with E-state index in [9.17, 15) is 9.18 Å². The molecule has 0 aliphatic carbocycles. The maximum Gasteiger partial charge on any atom is 0.252 e. The van der Waals surface area contributed by atoms with Crippen molar-refractivity contribution in [3.63, 3.8) is 0 Å². The van der Waals surface area contributed by atoms with E-state index < -0.39 is 5.82 Å². The first kappa shape index (κ1) is 12.0.